The Bertz CT molecular complexity index is 1500. The van der Waals surface area contributed by atoms with Crippen molar-refractivity contribution in [2.45, 2.75) is 6.17 Å². The van der Waals surface area contributed by atoms with Gasteiger partial charge in [0, 0.05) is 36.6 Å². The maximum Gasteiger partial charge on any atom is 0.290 e. The molecular weight excluding hydrogens is 522 g/mol. The fourth-order valence-electron chi connectivity index (χ4n) is 4.28. The molecule has 0 spiro atoms. The van der Waals surface area contributed by atoms with Gasteiger partial charge in [0.25, 0.3) is 11.9 Å². The van der Waals surface area contributed by atoms with Gasteiger partial charge in [0.05, 0.1) is 30.2 Å². The number of benzene rings is 2. The van der Waals surface area contributed by atoms with E-state index in [9.17, 15) is 4.79 Å². The van der Waals surface area contributed by atoms with Crippen molar-refractivity contribution >= 4 is 40.9 Å². The average Bonchev–Trinajstić information content (AvgIpc) is 3.14. The summed E-state index contributed by atoms with van der Waals surface area (Å²) in [5, 5.41) is 34.3. The number of carbonyl (C=O) groups is 1. The highest BCUT2D eigenvalue weighted by Gasteiger charge is 2.28. The van der Waals surface area contributed by atoms with Gasteiger partial charge in [0.2, 0.25) is 12.1 Å². The molecule has 2 aromatic carbocycles. The van der Waals surface area contributed by atoms with Crippen LogP contribution in [0.2, 0.25) is 0 Å². The minimum Gasteiger partial charge on any atom is -0.407 e. The van der Waals surface area contributed by atoms with Gasteiger partial charge in [-0.25, -0.2) is 9.98 Å². The highest BCUT2D eigenvalue weighted by atomic mass is 16.5. The molecule has 12 nitrogen and oxygen atoms in total. The highest BCUT2D eigenvalue weighted by Crippen LogP contribution is 2.23. The van der Waals surface area contributed by atoms with E-state index in [4.69, 9.17) is 25.7 Å². The largest absolute Gasteiger partial charge is 0.407 e. The van der Waals surface area contributed by atoms with Crippen LogP contribution in [0, 0.1) is 16.2 Å². The Balaban J connectivity index is 1.36. The molecule has 0 radical (unpaired) electrons. The van der Waals surface area contributed by atoms with E-state index < -0.39 is 24.0 Å². The Morgan fingerprint density at radius 3 is 2.49 bits per heavy atom. The molecule has 3 aromatic rings. The van der Waals surface area contributed by atoms with Crippen molar-refractivity contribution in [1.29, 1.82) is 16.2 Å². The van der Waals surface area contributed by atoms with E-state index in [2.05, 4.69) is 25.9 Å². The number of hydrogen-bond acceptors (Lipinski definition) is 9. The SMILES string of the molecule is N=C(N[C@H]1N=C(c2ccccc2)c2ccccc2NC1=O)OC(=N)/C(=C/Nc1ccccn1)C(=N)N1CCOCC1. The number of rotatable bonds is 6. The van der Waals surface area contributed by atoms with Crippen molar-refractivity contribution in [2.75, 3.05) is 36.9 Å². The van der Waals surface area contributed by atoms with Gasteiger partial charge in [0.1, 0.15) is 11.7 Å². The molecule has 1 atom stereocenters. The van der Waals surface area contributed by atoms with Gasteiger partial charge in [-0.1, -0.05) is 54.6 Å². The predicted octanol–water partition coefficient (Wildman–Crippen LogP) is 3.02. The van der Waals surface area contributed by atoms with Gasteiger partial charge < -0.3 is 30.3 Å². The van der Waals surface area contributed by atoms with Crippen LogP contribution in [0.5, 0.6) is 0 Å². The summed E-state index contributed by atoms with van der Waals surface area (Å²) in [6, 6.07) is 21.5. The first kappa shape index (κ1) is 27.2. The van der Waals surface area contributed by atoms with Crippen LogP contribution in [-0.2, 0) is 14.3 Å². The van der Waals surface area contributed by atoms with Gasteiger partial charge in [0.15, 0.2) is 0 Å². The van der Waals surface area contributed by atoms with Crippen LogP contribution in [0.1, 0.15) is 11.1 Å². The van der Waals surface area contributed by atoms with Crippen LogP contribution in [0.3, 0.4) is 0 Å². The molecule has 0 saturated carbocycles. The van der Waals surface area contributed by atoms with Gasteiger partial charge >= 0.3 is 0 Å². The number of aliphatic imine (C=N–C) groups is 1. The Morgan fingerprint density at radius 1 is 1.00 bits per heavy atom. The highest BCUT2D eigenvalue weighted by molar-refractivity contribution is 6.21. The summed E-state index contributed by atoms with van der Waals surface area (Å²) in [5.74, 6) is -0.413. The average molecular weight is 552 g/mol. The van der Waals surface area contributed by atoms with E-state index in [-0.39, 0.29) is 11.4 Å². The standard InChI is InChI=1S/C29H29N9O3/c30-25(38-14-16-40-17-15-38)21(18-34-23-12-6-7-13-33-23)26(31)41-29(32)37-27-28(39)35-22-11-5-4-10-20(22)24(36-27)19-8-2-1-3-9-19/h1-13,18,27,30-31H,14-17H2,(H2,32,37)(H,33,34)(H,35,39)/b21-18+,30-25?,31-26?/t27-/m1/s1. The van der Waals surface area contributed by atoms with Crippen molar-refractivity contribution in [3.05, 3.63) is 102 Å². The molecule has 5 rings (SSSR count). The molecule has 1 fully saturated rings. The molecule has 12 heteroatoms. The van der Waals surface area contributed by atoms with E-state index in [1.165, 1.54) is 6.20 Å². The molecule has 3 heterocycles. The smallest absolute Gasteiger partial charge is 0.290 e. The number of pyridine rings is 1. The molecular formula is C29H29N9O3. The molecule has 0 unspecified atom stereocenters. The van der Waals surface area contributed by atoms with Crippen LogP contribution in [0.25, 0.3) is 0 Å². The third-order valence-corrected chi connectivity index (χ3v) is 6.32. The first-order valence-electron chi connectivity index (χ1n) is 12.9. The number of carbonyl (C=O) groups excluding carboxylic acids is 1. The summed E-state index contributed by atoms with van der Waals surface area (Å²) in [6.07, 6.45) is 1.84. The second-order valence-electron chi connectivity index (χ2n) is 9.05. The Morgan fingerprint density at radius 2 is 1.73 bits per heavy atom. The summed E-state index contributed by atoms with van der Waals surface area (Å²) in [7, 11) is 0. The van der Waals surface area contributed by atoms with Crippen LogP contribution in [-0.4, -0.2) is 71.7 Å². The zero-order chi connectivity index (χ0) is 28.6. The fourth-order valence-corrected chi connectivity index (χ4v) is 4.28. The van der Waals surface area contributed by atoms with Crippen molar-refractivity contribution in [3.63, 3.8) is 0 Å². The predicted molar refractivity (Wildman–Crippen MR) is 157 cm³/mol. The topological polar surface area (TPSA) is 172 Å². The zero-order valence-corrected chi connectivity index (χ0v) is 22.1. The number of fused-ring (bicyclic) bond motifs is 1. The van der Waals surface area contributed by atoms with Gasteiger partial charge in [-0.2, -0.15) is 0 Å². The van der Waals surface area contributed by atoms with E-state index in [1.807, 2.05) is 48.5 Å². The molecule has 41 heavy (non-hydrogen) atoms. The molecule has 0 bridgehead atoms. The minimum atomic E-state index is -1.21. The maximum atomic E-state index is 13.1. The molecule has 208 valence electrons. The number of para-hydroxylation sites is 1. The second kappa shape index (κ2) is 12.7. The van der Waals surface area contributed by atoms with Crippen LogP contribution in [0.15, 0.2) is 95.8 Å². The third kappa shape index (κ3) is 6.62. The number of amides is 1. The molecule has 1 aromatic heterocycles. The summed E-state index contributed by atoms with van der Waals surface area (Å²) in [5.41, 5.74) is 2.79. The molecule has 2 aliphatic heterocycles. The number of aromatic nitrogens is 1. The molecule has 1 saturated heterocycles. The quantitative estimate of drug-likeness (QED) is 0.202. The first-order chi connectivity index (χ1) is 20.0. The number of nitrogens with zero attached hydrogens (tertiary/aromatic N) is 3. The summed E-state index contributed by atoms with van der Waals surface area (Å²) in [6.45, 7) is 1.86. The monoisotopic (exact) mass is 551 g/mol. The fraction of sp³-hybridized carbons (Fsp3) is 0.172. The van der Waals surface area contributed by atoms with Crippen LogP contribution >= 0.6 is 0 Å². The van der Waals surface area contributed by atoms with Gasteiger partial charge in [-0.05, 0) is 18.2 Å². The number of amidine groups is 2. The molecule has 1 amide bonds. The van der Waals surface area contributed by atoms with Crippen molar-refractivity contribution < 1.29 is 14.3 Å². The van der Waals surface area contributed by atoms with Crippen LogP contribution < -0.4 is 16.0 Å². The maximum absolute atomic E-state index is 13.1. The lowest BCUT2D eigenvalue weighted by molar-refractivity contribution is -0.117. The number of benzodiazepines with no additional fused rings is 1. The Kier molecular flexibility index (Phi) is 8.41. The minimum absolute atomic E-state index is 0.0292. The Hall–Kier alpha value is -5.36. The van der Waals surface area contributed by atoms with Crippen molar-refractivity contribution in [2.24, 2.45) is 4.99 Å². The number of morpholine rings is 1. The lowest BCUT2D eigenvalue weighted by atomic mass is 10.0. The van der Waals surface area contributed by atoms with Gasteiger partial charge in [-0.3, -0.25) is 21.0 Å². The third-order valence-electron chi connectivity index (χ3n) is 6.32. The molecule has 0 aliphatic carbocycles. The number of anilines is 2. The summed E-state index contributed by atoms with van der Waals surface area (Å²) >= 11 is 0. The van der Waals surface area contributed by atoms with Gasteiger partial charge in [-0.15, -0.1) is 0 Å². The normalized spacial score (nSPS) is 16.8. The lowest BCUT2D eigenvalue weighted by Gasteiger charge is -2.30. The number of ether oxygens (including phenoxy) is 2. The van der Waals surface area contributed by atoms with Crippen molar-refractivity contribution in [3.8, 4) is 0 Å². The zero-order valence-electron chi connectivity index (χ0n) is 22.1. The van der Waals surface area contributed by atoms with E-state index in [1.54, 1.807) is 35.4 Å². The van der Waals surface area contributed by atoms with E-state index in [0.29, 0.717) is 43.5 Å². The number of hydrogen-bond donors (Lipinski definition) is 6. The summed E-state index contributed by atoms with van der Waals surface area (Å²) in [4.78, 5) is 23.7. The first-order valence-corrected chi connectivity index (χ1v) is 12.9. The lowest BCUT2D eigenvalue weighted by Crippen LogP contribution is -2.45. The summed E-state index contributed by atoms with van der Waals surface area (Å²) < 4.78 is 10.9. The van der Waals surface area contributed by atoms with Crippen molar-refractivity contribution in [1.82, 2.24) is 15.2 Å². The van der Waals surface area contributed by atoms with E-state index >= 15 is 0 Å². The van der Waals surface area contributed by atoms with Crippen LogP contribution in [0.4, 0.5) is 11.5 Å². The molecule has 6 N–H and O–H groups in total. The Labute approximate surface area is 236 Å². The van der Waals surface area contributed by atoms with E-state index in [0.717, 1.165) is 11.1 Å². The number of nitrogens with one attached hydrogen (secondary N) is 6. The molecule has 2 aliphatic rings. The second-order valence-corrected chi connectivity index (χ2v) is 9.05.